The molecule has 31 heavy (non-hydrogen) atoms. The summed E-state index contributed by atoms with van der Waals surface area (Å²) in [6.45, 7) is 5.14. The molecule has 1 aromatic carbocycles. The predicted octanol–water partition coefficient (Wildman–Crippen LogP) is 3.32. The molecule has 1 aliphatic rings. The molecule has 0 saturated heterocycles. The minimum atomic E-state index is -0.245. The number of benzene rings is 1. The van der Waals surface area contributed by atoms with Crippen LogP contribution in [0.25, 0.3) is 11.0 Å². The van der Waals surface area contributed by atoms with Crippen molar-refractivity contribution in [1.82, 2.24) is 19.9 Å². The van der Waals surface area contributed by atoms with E-state index >= 15 is 0 Å². The van der Waals surface area contributed by atoms with Crippen molar-refractivity contribution >= 4 is 16.9 Å². The van der Waals surface area contributed by atoms with Crippen LogP contribution in [0.4, 0.5) is 4.39 Å². The smallest absolute Gasteiger partial charge is 0.226 e. The Labute approximate surface area is 180 Å². The molecule has 0 spiro atoms. The summed E-state index contributed by atoms with van der Waals surface area (Å²) >= 11 is 0. The summed E-state index contributed by atoms with van der Waals surface area (Å²) < 4.78 is 27.0. The quantitative estimate of drug-likeness (QED) is 0.568. The van der Waals surface area contributed by atoms with E-state index in [1.54, 1.807) is 12.1 Å². The minimum absolute atomic E-state index is 0.0149. The summed E-state index contributed by atoms with van der Waals surface area (Å²) in [6.07, 6.45) is 5.54. The lowest BCUT2D eigenvalue weighted by molar-refractivity contribution is -0.120. The van der Waals surface area contributed by atoms with Crippen molar-refractivity contribution in [2.24, 2.45) is 5.92 Å². The first-order chi connectivity index (χ1) is 15.0. The maximum atomic E-state index is 13.1. The number of rotatable bonds is 9. The molecule has 1 amide bonds. The lowest BCUT2D eigenvalue weighted by atomic mass is 9.83. The number of hydrogen-bond acceptors (Lipinski definition) is 5. The van der Waals surface area contributed by atoms with Gasteiger partial charge in [0.05, 0.1) is 24.7 Å². The SMILES string of the molecule is CC(=O)N[C@@H](C)CO[C@H]1C[C@H](COc2ncnc3c2ccn3Cc2ccc(F)cc2)C1. The van der Waals surface area contributed by atoms with Gasteiger partial charge in [0.2, 0.25) is 11.8 Å². The number of fused-ring (bicyclic) bond motifs is 1. The molecule has 3 aromatic rings. The van der Waals surface area contributed by atoms with Crippen molar-refractivity contribution in [2.75, 3.05) is 13.2 Å². The molecule has 2 aromatic heterocycles. The van der Waals surface area contributed by atoms with E-state index in [4.69, 9.17) is 9.47 Å². The molecule has 164 valence electrons. The molecule has 0 unspecified atom stereocenters. The summed E-state index contributed by atoms with van der Waals surface area (Å²) in [5, 5.41) is 3.68. The fourth-order valence-electron chi connectivity index (χ4n) is 3.82. The molecule has 1 aliphatic carbocycles. The number of nitrogens with one attached hydrogen (secondary N) is 1. The second-order valence-electron chi connectivity index (χ2n) is 8.19. The molecule has 7 nitrogen and oxygen atoms in total. The standard InChI is InChI=1S/C23H27FN4O3/c1-15(27-16(2)29)12-30-20-9-18(10-20)13-31-23-21-7-8-28(22(21)25-14-26-23)11-17-3-5-19(24)6-4-17/h3-8,14-15,18,20H,9-13H2,1-2H3,(H,27,29)/t15-,18-,20-/m0/s1. The number of aromatic nitrogens is 3. The number of carbonyl (C=O) groups excluding carboxylic acids is 1. The van der Waals surface area contributed by atoms with Gasteiger partial charge in [0.1, 0.15) is 17.8 Å². The van der Waals surface area contributed by atoms with Crippen molar-refractivity contribution in [3.8, 4) is 5.88 Å². The van der Waals surface area contributed by atoms with Crippen molar-refractivity contribution in [2.45, 2.75) is 45.4 Å². The molecular formula is C23H27FN4O3. The Kier molecular flexibility index (Phi) is 6.46. The van der Waals surface area contributed by atoms with Gasteiger partial charge in [-0.15, -0.1) is 0 Å². The molecule has 2 heterocycles. The molecule has 1 fully saturated rings. The van der Waals surface area contributed by atoms with Crippen LogP contribution >= 0.6 is 0 Å². The van der Waals surface area contributed by atoms with Gasteiger partial charge in [0, 0.05) is 25.7 Å². The van der Waals surface area contributed by atoms with Gasteiger partial charge >= 0.3 is 0 Å². The van der Waals surface area contributed by atoms with Crippen molar-refractivity contribution < 1.29 is 18.7 Å². The third-order valence-corrected chi connectivity index (χ3v) is 5.47. The van der Waals surface area contributed by atoms with E-state index in [-0.39, 0.29) is 23.9 Å². The van der Waals surface area contributed by atoms with Gasteiger partial charge in [0.25, 0.3) is 0 Å². The van der Waals surface area contributed by atoms with Crippen LogP contribution < -0.4 is 10.1 Å². The Morgan fingerprint density at radius 2 is 2.03 bits per heavy atom. The Morgan fingerprint density at radius 1 is 1.26 bits per heavy atom. The minimum Gasteiger partial charge on any atom is -0.477 e. The molecule has 0 aliphatic heterocycles. The highest BCUT2D eigenvalue weighted by Gasteiger charge is 2.31. The lowest BCUT2D eigenvalue weighted by Crippen LogP contribution is -2.40. The highest BCUT2D eigenvalue weighted by atomic mass is 19.1. The van der Waals surface area contributed by atoms with E-state index in [2.05, 4.69) is 15.3 Å². The van der Waals surface area contributed by atoms with E-state index in [0.717, 1.165) is 29.4 Å². The van der Waals surface area contributed by atoms with Crippen LogP contribution in [0.15, 0.2) is 42.9 Å². The molecule has 4 rings (SSSR count). The van der Waals surface area contributed by atoms with E-state index < -0.39 is 0 Å². The fraction of sp³-hybridized carbons (Fsp3) is 0.435. The predicted molar refractivity (Wildman–Crippen MR) is 114 cm³/mol. The number of ether oxygens (including phenoxy) is 2. The normalized spacial score (nSPS) is 19.1. The highest BCUT2D eigenvalue weighted by Crippen LogP contribution is 2.31. The van der Waals surface area contributed by atoms with Crippen LogP contribution in [0.1, 0.15) is 32.3 Å². The van der Waals surface area contributed by atoms with Crippen LogP contribution in [-0.2, 0) is 16.1 Å². The van der Waals surface area contributed by atoms with Crippen LogP contribution in [0.3, 0.4) is 0 Å². The van der Waals surface area contributed by atoms with Crippen LogP contribution in [0.5, 0.6) is 5.88 Å². The van der Waals surface area contributed by atoms with Crippen molar-refractivity contribution in [1.29, 1.82) is 0 Å². The van der Waals surface area contributed by atoms with E-state index in [1.807, 2.05) is 23.8 Å². The van der Waals surface area contributed by atoms with Gasteiger partial charge in [0.15, 0.2) is 0 Å². The summed E-state index contributed by atoms with van der Waals surface area (Å²) in [7, 11) is 0. The summed E-state index contributed by atoms with van der Waals surface area (Å²) in [4.78, 5) is 19.7. The summed E-state index contributed by atoms with van der Waals surface area (Å²) in [5.74, 6) is 0.711. The van der Waals surface area contributed by atoms with Gasteiger partial charge in [-0.25, -0.2) is 14.4 Å². The molecule has 1 saturated carbocycles. The Balaban J connectivity index is 1.28. The summed E-state index contributed by atoms with van der Waals surface area (Å²) in [6, 6.07) is 8.42. The monoisotopic (exact) mass is 426 g/mol. The Morgan fingerprint density at radius 3 is 2.77 bits per heavy atom. The third-order valence-electron chi connectivity index (χ3n) is 5.47. The topological polar surface area (TPSA) is 78.3 Å². The van der Waals surface area contributed by atoms with E-state index in [1.165, 1.54) is 25.4 Å². The lowest BCUT2D eigenvalue weighted by Gasteiger charge is -2.35. The maximum absolute atomic E-state index is 13.1. The van der Waals surface area contributed by atoms with Gasteiger partial charge in [-0.3, -0.25) is 4.79 Å². The zero-order valence-electron chi connectivity index (χ0n) is 17.8. The number of carbonyl (C=O) groups is 1. The molecular weight excluding hydrogens is 399 g/mol. The van der Waals surface area contributed by atoms with E-state index in [9.17, 15) is 9.18 Å². The maximum Gasteiger partial charge on any atom is 0.226 e. The number of halogens is 1. The fourth-order valence-corrected chi connectivity index (χ4v) is 3.82. The van der Waals surface area contributed by atoms with Crippen molar-refractivity contribution in [3.63, 3.8) is 0 Å². The Hall–Kier alpha value is -3.00. The Bertz CT molecular complexity index is 1030. The molecule has 8 heteroatoms. The van der Waals surface area contributed by atoms with Crippen LogP contribution in [-0.4, -0.2) is 45.8 Å². The zero-order chi connectivity index (χ0) is 21.8. The highest BCUT2D eigenvalue weighted by molar-refractivity contribution is 5.81. The van der Waals surface area contributed by atoms with Gasteiger partial charge in [-0.05, 0) is 49.4 Å². The second kappa shape index (κ2) is 9.43. The van der Waals surface area contributed by atoms with Gasteiger partial charge < -0.3 is 19.4 Å². The first-order valence-corrected chi connectivity index (χ1v) is 10.5. The number of nitrogens with zero attached hydrogens (tertiary/aromatic N) is 3. The largest absolute Gasteiger partial charge is 0.477 e. The average Bonchev–Trinajstić information content (AvgIpc) is 3.11. The molecule has 1 atom stereocenters. The average molecular weight is 426 g/mol. The van der Waals surface area contributed by atoms with E-state index in [0.29, 0.717) is 31.6 Å². The van der Waals surface area contributed by atoms with Crippen LogP contribution in [0.2, 0.25) is 0 Å². The molecule has 0 bridgehead atoms. The van der Waals surface area contributed by atoms with Gasteiger partial charge in [-0.1, -0.05) is 12.1 Å². The van der Waals surface area contributed by atoms with Crippen LogP contribution in [0, 0.1) is 11.7 Å². The number of amides is 1. The third kappa shape index (κ3) is 5.38. The summed E-state index contributed by atoms with van der Waals surface area (Å²) in [5.41, 5.74) is 1.78. The molecule has 1 N–H and O–H groups in total. The first kappa shape index (κ1) is 21.2. The molecule has 0 radical (unpaired) electrons. The van der Waals surface area contributed by atoms with Crippen molar-refractivity contribution in [3.05, 3.63) is 54.2 Å². The zero-order valence-corrected chi connectivity index (χ0v) is 17.8. The second-order valence-corrected chi connectivity index (χ2v) is 8.19. The van der Waals surface area contributed by atoms with Gasteiger partial charge in [-0.2, -0.15) is 0 Å². The number of hydrogen-bond donors (Lipinski definition) is 1. The first-order valence-electron chi connectivity index (χ1n) is 10.5.